The molecule has 3 rings (SSSR count). The number of anilines is 1. The van der Waals surface area contributed by atoms with E-state index in [4.69, 9.17) is 4.42 Å². The zero-order valence-electron chi connectivity index (χ0n) is 16.7. The summed E-state index contributed by atoms with van der Waals surface area (Å²) < 4.78 is 32.9. The topological polar surface area (TPSA) is 99.9 Å². The number of sulfonamides is 1. The van der Waals surface area contributed by atoms with Gasteiger partial charge in [-0.25, -0.2) is 13.1 Å². The molecule has 0 saturated carbocycles. The number of carbonyl (C=O) groups excluding carboxylic acids is 2. The molecule has 1 atom stereocenters. The van der Waals surface area contributed by atoms with Crippen LogP contribution in [0, 0.1) is 0 Å². The highest BCUT2D eigenvalue weighted by Crippen LogP contribution is 2.33. The second-order valence-corrected chi connectivity index (χ2v) is 8.98. The largest absolute Gasteiger partial charge is 0.467 e. The fraction of sp³-hybridized carbons (Fsp3) is 0.400. The van der Waals surface area contributed by atoms with Gasteiger partial charge in [-0.3, -0.25) is 9.59 Å². The van der Waals surface area contributed by atoms with Crippen molar-refractivity contribution in [3.05, 3.63) is 47.9 Å². The summed E-state index contributed by atoms with van der Waals surface area (Å²) in [7, 11) is -2.11. The van der Waals surface area contributed by atoms with Gasteiger partial charge in [0.1, 0.15) is 5.76 Å². The number of hydrogen-bond donors (Lipinski definition) is 1. The molecule has 0 unspecified atom stereocenters. The first-order valence-corrected chi connectivity index (χ1v) is 10.9. The van der Waals surface area contributed by atoms with Gasteiger partial charge in [-0.15, -0.1) is 0 Å². The highest BCUT2D eigenvalue weighted by Gasteiger charge is 2.30. The second-order valence-electron chi connectivity index (χ2n) is 7.21. The number of rotatable bonds is 7. The number of amides is 2. The first-order chi connectivity index (χ1) is 13.7. The third kappa shape index (κ3) is 4.68. The van der Waals surface area contributed by atoms with Crippen molar-refractivity contribution >= 4 is 27.5 Å². The zero-order chi connectivity index (χ0) is 21.2. The second kappa shape index (κ2) is 8.38. The highest BCUT2D eigenvalue weighted by molar-refractivity contribution is 7.89. The van der Waals surface area contributed by atoms with Crippen LogP contribution in [-0.4, -0.2) is 44.8 Å². The summed E-state index contributed by atoms with van der Waals surface area (Å²) in [5.41, 5.74) is 1.57. The molecule has 1 aromatic carbocycles. The first-order valence-electron chi connectivity index (χ1n) is 9.38. The molecule has 0 aliphatic carbocycles. The zero-order valence-corrected chi connectivity index (χ0v) is 17.5. The van der Waals surface area contributed by atoms with Crippen LogP contribution in [0.25, 0.3) is 0 Å². The molecule has 1 aliphatic rings. The lowest BCUT2D eigenvalue weighted by Gasteiger charge is -2.20. The number of hydrogen-bond acceptors (Lipinski definition) is 5. The number of benzene rings is 1. The van der Waals surface area contributed by atoms with Gasteiger partial charge >= 0.3 is 0 Å². The van der Waals surface area contributed by atoms with Crippen molar-refractivity contribution in [1.29, 1.82) is 0 Å². The molecule has 1 aliphatic heterocycles. The molecule has 0 radical (unpaired) electrons. The van der Waals surface area contributed by atoms with Crippen molar-refractivity contribution in [3.63, 3.8) is 0 Å². The first kappa shape index (κ1) is 21.1. The third-order valence-corrected chi connectivity index (χ3v) is 6.40. The lowest BCUT2D eigenvalue weighted by Crippen LogP contribution is -2.33. The minimum absolute atomic E-state index is 0.00325. The molecule has 29 heavy (non-hydrogen) atoms. The minimum atomic E-state index is -3.75. The molecule has 0 saturated heterocycles. The van der Waals surface area contributed by atoms with Gasteiger partial charge < -0.3 is 14.2 Å². The SMILES string of the molecule is CC(=O)N1c2ccc(S(=O)(=O)NCCC(=O)N(C)Cc3ccco3)cc2C[C@H]1C. The van der Waals surface area contributed by atoms with Crippen molar-refractivity contribution in [2.24, 2.45) is 0 Å². The number of furan rings is 1. The highest BCUT2D eigenvalue weighted by atomic mass is 32.2. The molecular weight excluding hydrogens is 394 g/mol. The van der Waals surface area contributed by atoms with Crippen LogP contribution in [0.1, 0.15) is 31.6 Å². The van der Waals surface area contributed by atoms with Crippen LogP contribution >= 0.6 is 0 Å². The Labute approximate surface area is 170 Å². The summed E-state index contributed by atoms with van der Waals surface area (Å²) in [6.45, 7) is 3.75. The van der Waals surface area contributed by atoms with E-state index in [0.29, 0.717) is 18.7 Å². The van der Waals surface area contributed by atoms with Gasteiger partial charge in [0.15, 0.2) is 0 Å². The van der Waals surface area contributed by atoms with Crippen LogP contribution in [0.5, 0.6) is 0 Å². The van der Waals surface area contributed by atoms with Crippen LogP contribution < -0.4 is 9.62 Å². The molecule has 1 N–H and O–H groups in total. The quantitative estimate of drug-likeness (QED) is 0.739. The summed E-state index contributed by atoms with van der Waals surface area (Å²) in [6.07, 6.45) is 2.18. The van der Waals surface area contributed by atoms with Crippen molar-refractivity contribution < 1.29 is 22.4 Å². The van der Waals surface area contributed by atoms with E-state index in [0.717, 1.165) is 11.3 Å². The van der Waals surface area contributed by atoms with Gasteiger partial charge in [0, 0.05) is 38.7 Å². The van der Waals surface area contributed by atoms with Gasteiger partial charge in [-0.1, -0.05) is 0 Å². The standard InChI is InChI=1S/C20H25N3O5S/c1-14-11-16-12-18(6-7-19(16)23(14)15(2)24)29(26,27)21-9-8-20(25)22(3)13-17-5-4-10-28-17/h4-7,10,12,14,21H,8-9,11,13H2,1-3H3/t14-/m1/s1. The minimum Gasteiger partial charge on any atom is -0.467 e. The molecule has 0 fully saturated rings. The van der Waals surface area contributed by atoms with Crippen LogP contribution in [0.4, 0.5) is 5.69 Å². The molecule has 2 aromatic rings. The van der Waals surface area contributed by atoms with Gasteiger partial charge in [0.25, 0.3) is 0 Å². The van der Waals surface area contributed by atoms with Crippen LogP contribution in [-0.2, 0) is 32.6 Å². The molecule has 9 heteroatoms. The number of fused-ring (bicyclic) bond motifs is 1. The fourth-order valence-corrected chi connectivity index (χ4v) is 4.63. The normalized spacial score (nSPS) is 16.0. The van der Waals surface area contributed by atoms with E-state index < -0.39 is 10.0 Å². The summed E-state index contributed by atoms with van der Waals surface area (Å²) in [5, 5.41) is 0. The van der Waals surface area contributed by atoms with Gasteiger partial charge in [0.05, 0.1) is 17.7 Å². The maximum absolute atomic E-state index is 12.6. The third-order valence-electron chi connectivity index (χ3n) is 4.95. The van der Waals surface area contributed by atoms with Crippen LogP contribution in [0.2, 0.25) is 0 Å². The van der Waals surface area contributed by atoms with E-state index >= 15 is 0 Å². The van der Waals surface area contributed by atoms with Crippen LogP contribution in [0.3, 0.4) is 0 Å². The van der Waals surface area contributed by atoms with Crippen molar-refractivity contribution in [1.82, 2.24) is 9.62 Å². The van der Waals surface area contributed by atoms with Gasteiger partial charge in [-0.05, 0) is 49.2 Å². The van der Waals surface area contributed by atoms with E-state index in [1.807, 2.05) is 6.92 Å². The van der Waals surface area contributed by atoms with Crippen LogP contribution in [0.15, 0.2) is 45.9 Å². The van der Waals surface area contributed by atoms with E-state index in [9.17, 15) is 18.0 Å². The summed E-state index contributed by atoms with van der Waals surface area (Å²) in [5.74, 6) is 0.402. The van der Waals surface area contributed by atoms with Gasteiger partial charge in [0.2, 0.25) is 21.8 Å². The van der Waals surface area contributed by atoms with E-state index in [1.165, 1.54) is 24.2 Å². The molecule has 2 amide bonds. The predicted octanol–water partition coefficient (Wildman–Crippen LogP) is 1.90. The molecule has 0 bridgehead atoms. The van der Waals surface area contributed by atoms with Gasteiger partial charge in [-0.2, -0.15) is 0 Å². The maximum Gasteiger partial charge on any atom is 0.240 e. The smallest absolute Gasteiger partial charge is 0.240 e. The summed E-state index contributed by atoms with van der Waals surface area (Å²) in [4.78, 5) is 27.3. The average molecular weight is 420 g/mol. The Hall–Kier alpha value is -2.65. The monoisotopic (exact) mass is 419 g/mol. The molecule has 8 nitrogen and oxygen atoms in total. The Kier molecular flexibility index (Phi) is 6.09. The summed E-state index contributed by atoms with van der Waals surface area (Å²) >= 11 is 0. The molecule has 2 heterocycles. The number of nitrogens with one attached hydrogen (secondary N) is 1. The summed E-state index contributed by atoms with van der Waals surface area (Å²) in [6, 6.07) is 8.26. The molecule has 156 valence electrons. The van der Waals surface area contributed by atoms with E-state index in [2.05, 4.69) is 4.72 Å². The fourth-order valence-electron chi connectivity index (χ4n) is 3.55. The van der Waals surface area contributed by atoms with Crippen molar-refractivity contribution in [3.8, 4) is 0 Å². The van der Waals surface area contributed by atoms with E-state index in [1.54, 1.807) is 36.2 Å². The molecule has 0 spiro atoms. The van der Waals surface area contributed by atoms with Crippen molar-refractivity contribution in [2.75, 3.05) is 18.5 Å². The Morgan fingerprint density at radius 2 is 2.07 bits per heavy atom. The number of nitrogens with zero attached hydrogens (tertiary/aromatic N) is 2. The maximum atomic E-state index is 12.6. The Bertz CT molecular complexity index is 1000. The van der Waals surface area contributed by atoms with E-state index in [-0.39, 0.29) is 35.7 Å². The Morgan fingerprint density at radius 3 is 2.72 bits per heavy atom. The predicted molar refractivity (Wildman–Crippen MR) is 108 cm³/mol. The average Bonchev–Trinajstić information content (AvgIpc) is 3.26. The Balaban J connectivity index is 1.60. The molecule has 1 aromatic heterocycles. The lowest BCUT2D eigenvalue weighted by molar-refractivity contribution is -0.130. The lowest BCUT2D eigenvalue weighted by atomic mass is 10.1. The number of carbonyl (C=O) groups is 2. The molecular formula is C20H25N3O5S. The Morgan fingerprint density at radius 1 is 1.31 bits per heavy atom. The van der Waals surface area contributed by atoms with Crippen molar-refractivity contribution in [2.45, 2.75) is 44.2 Å².